The molecule has 0 aromatic heterocycles. The molecule has 1 N–H and O–H groups in total. The molecule has 0 spiro atoms. The predicted octanol–water partition coefficient (Wildman–Crippen LogP) is 1.68. The first-order chi connectivity index (χ1) is 7.56. The van der Waals surface area contributed by atoms with Crippen LogP contribution in [-0.4, -0.2) is 38.0 Å². The van der Waals surface area contributed by atoms with E-state index in [-0.39, 0.29) is 18.0 Å². The normalized spacial score (nSPS) is 9.65. The summed E-state index contributed by atoms with van der Waals surface area (Å²) >= 11 is 0. The van der Waals surface area contributed by atoms with Crippen molar-refractivity contribution in [2.45, 2.75) is 0 Å². The Hall–Kier alpha value is -1.20. The molecule has 1 aromatic rings. The van der Waals surface area contributed by atoms with E-state index in [1.54, 1.807) is 14.1 Å². The molecule has 3 nitrogen and oxygen atoms in total. The van der Waals surface area contributed by atoms with Crippen LogP contribution in [-0.2, 0) is 0 Å². The topological polar surface area (TPSA) is 32.3 Å². The largest absolute Gasteiger partial charge is 0.340 e. The second-order valence-corrected chi connectivity index (χ2v) is 3.45. The molecule has 0 heterocycles. The van der Waals surface area contributed by atoms with Gasteiger partial charge < -0.3 is 10.2 Å². The highest BCUT2D eigenvalue weighted by molar-refractivity contribution is 5.94. The Kier molecular flexibility index (Phi) is 6.68. The zero-order valence-electron chi connectivity index (χ0n) is 9.67. The average molecular weight is 265 g/mol. The van der Waals surface area contributed by atoms with Gasteiger partial charge in [-0.1, -0.05) is 0 Å². The summed E-state index contributed by atoms with van der Waals surface area (Å²) in [5.74, 6) is -1.97. The molecule has 1 rings (SSSR count). The lowest BCUT2D eigenvalue weighted by atomic mass is 10.2. The number of benzene rings is 1. The Morgan fingerprint density at radius 1 is 1.41 bits per heavy atom. The summed E-state index contributed by atoms with van der Waals surface area (Å²) in [6.07, 6.45) is 0. The van der Waals surface area contributed by atoms with Crippen molar-refractivity contribution in [3.05, 3.63) is 35.4 Å². The van der Waals surface area contributed by atoms with Gasteiger partial charge in [-0.05, 0) is 19.2 Å². The summed E-state index contributed by atoms with van der Waals surface area (Å²) in [4.78, 5) is 13.1. The Morgan fingerprint density at radius 3 is 2.59 bits per heavy atom. The van der Waals surface area contributed by atoms with Gasteiger partial charge in [0, 0.05) is 26.2 Å². The molecule has 0 aliphatic rings. The van der Waals surface area contributed by atoms with Gasteiger partial charge in [-0.25, -0.2) is 8.78 Å². The first-order valence-corrected chi connectivity index (χ1v) is 4.91. The monoisotopic (exact) mass is 264 g/mol. The molecule has 1 aromatic carbocycles. The number of hydrogen-bond acceptors (Lipinski definition) is 2. The maximum atomic E-state index is 13.3. The van der Waals surface area contributed by atoms with Crippen molar-refractivity contribution in [3.8, 4) is 0 Å². The lowest BCUT2D eigenvalue weighted by Crippen LogP contribution is -2.33. The Labute approximate surface area is 105 Å². The van der Waals surface area contributed by atoms with E-state index in [1.807, 2.05) is 0 Å². The molecule has 0 aliphatic carbocycles. The molecule has 0 unspecified atom stereocenters. The minimum Gasteiger partial charge on any atom is -0.340 e. The predicted molar refractivity (Wildman–Crippen MR) is 64.5 cm³/mol. The van der Waals surface area contributed by atoms with Crippen LogP contribution in [0.15, 0.2) is 18.2 Å². The fraction of sp³-hybridized carbons (Fsp3) is 0.364. The first-order valence-electron chi connectivity index (χ1n) is 4.91. The van der Waals surface area contributed by atoms with Crippen LogP contribution in [0, 0.1) is 11.6 Å². The van der Waals surface area contributed by atoms with Gasteiger partial charge in [0.2, 0.25) is 0 Å². The summed E-state index contributed by atoms with van der Waals surface area (Å²) in [5.41, 5.74) is -0.111. The van der Waals surface area contributed by atoms with Crippen LogP contribution in [0.4, 0.5) is 8.78 Å². The highest BCUT2D eigenvalue weighted by Crippen LogP contribution is 2.11. The van der Waals surface area contributed by atoms with Gasteiger partial charge in [0.15, 0.2) is 0 Å². The Morgan fingerprint density at radius 2 is 2.06 bits per heavy atom. The summed E-state index contributed by atoms with van der Waals surface area (Å²) in [5, 5.41) is 2.88. The smallest absolute Gasteiger partial charge is 0.256 e. The maximum Gasteiger partial charge on any atom is 0.256 e. The fourth-order valence-corrected chi connectivity index (χ4v) is 1.25. The minimum atomic E-state index is -0.832. The van der Waals surface area contributed by atoms with Gasteiger partial charge in [0.05, 0.1) is 5.56 Å². The van der Waals surface area contributed by atoms with Gasteiger partial charge in [-0.15, -0.1) is 12.4 Å². The number of halogens is 3. The number of rotatable bonds is 4. The minimum absolute atomic E-state index is 0. The molecule has 0 saturated carbocycles. The van der Waals surface area contributed by atoms with Gasteiger partial charge in [0.25, 0.3) is 5.91 Å². The van der Waals surface area contributed by atoms with E-state index < -0.39 is 17.5 Å². The number of likely N-dealkylation sites (N-methyl/N-ethyl adjacent to an activating group) is 2. The molecule has 96 valence electrons. The van der Waals surface area contributed by atoms with Crippen molar-refractivity contribution < 1.29 is 13.6 Å². The summed E-state index contributed by atoms with van der Waals surface area (Å²) < 4.78 is 25.9. The van der Waals surface area contributed by atoms with Crippen molar-refractivity contribution in [2.75, 3.05) is 27.2 Å². The van der Waals surface area contributed by atoms with Crippen molar-refractivity contribution in [1.29, 1.82) is 0 Å². The van der Waals surface area contributed by atoms with Crippen LogP contribution in [0.2, 0.25) is 0 Å². The van der Waals surface area contributed by atoms with E-state index in [0.29, 0.717) is 19.2 Å². The van der Waals surface area contributed by atoms with Gasteiger partial charge in [-0.3, -0.25) is 4.79 Å². The SMILES string of the molecule is CNCCN(C)C(=O)c1ccc(F)cc1F.Cl. The summed E-state index contributed by atoms with van der Waals surface area (Å²) in [7, 11) is 3.33. The van der Waals surface area contributed by atoms with Crippen LogP contribution in [0.5, 0.6) is 0 Å². The second-order valence-electron chi connectivity index (χ2n) is 3.45. The third-order valence-electron chi connectivity index (χ3n) is 2.21. The van der Waals surface area contributed by atoms with E-state index in [0.717, 1.165) is 12.1 Å². The van der Waals surface area contributed by atoms with E-state index >= 15 is 0 Å². The molecule has 6 heteroatoms. The highest BCUT2D eigenvalue weighted by atomic mass is 35.5. The van der Waals surface area contributed by atoms with Crippen molar-refractivity contribution >= 4 is 18.3 Å². The number of carbonyl (C=O) groups excluding carboxylic acids is 1. The van der Waals surface area contributed by atoms with Crippen LogP contribution >= 0.6 is 12.4 Å². The number of hydrogen-bond donors (Lipinski definition) is 1. The van der Waals surface area contributed by atoms with E-state index in [4.69, 9.17) is 0 Å². The lowest BCUT2D eigenvalue weighted by molar-refractivity contribution is 0.0792. The molecule has 0 aliphatic heterocycles. The zero-order chi connectivity index (χ0) is 12.1. The van der Waals surface area contributed by atoms with Crippen molar-refractivity contribution in [2.24, 2.45) is 0 Å². The molecular weight excluding hydrogens is 250 g/mol. The van der Waals surface area contributed by atoms with Crippen molar-refractivity contribution in [1.82, 2.24) is 10.2 Å². The summed E-state index contributed by atoms with van der Waals surface area (Å²) in [6, 6.07) is 2.93. The quantitative estimate of drug-likeness (QED) is 0.897. The van der Waals surface area contributed by atoms with Crippen LogP contribution in [0.1, 0.15) is 10.4 Å². The molecule has 0 radical (unpaired) electrons. The molecule has 0 saturated heterocycles. The van der Waals surface area contributed by atoms with E-state index in [9.17, 15) is 13.6 Å². The third-order valence-corrected chi connectivity index (χ3v) is 2.21. The van der Waals surface area contributed by atoms with Gasteiger partial charge in [0.1, 0.15) is 11.6 Å². The van der Waals surface area contributed by atoms with E-state index in [2.05, 4.69) is 5.32 Å². The fourth-order valence-electron chi connectivity index (χ4n) is 1.25. The molecule has 1 amide bonds. The Balaban J connectivity index is 0.00000256. The van der Waals surface area contributed by atoms with Crippen LogP contribution in [0.3, 0.4) is 0 Å². The van der Waals surface area contributed by atoms with Crippen LogP contribution < -0.4 is 5.32 Å². The maximum absolute atomic E-state index is 13.3. The average Bonchev–Trinajstić information content (AvgIpc) is 2.25. The van der Waals surface area contributed by atoms with Crippen molar-refractivity contribution in [3.63, 3.8) is 0 Å². The Bertz CT molecular complexity index is 388. The molecule has 0 atom stereocenters. The highest BCUT2D eigenvalue weighted by Gasteiger charge is 2.15. The first kappa shape index (κ1) is 15.8. The van der Waals surface area contributed by atoms with Gasteiger partial charge in [-0.2, -0.15) is 0 Å². The molecule has 17 heavy (non-hydrogen) atoms. The molecule has 0 fully saturated rings. The lowest BCUT2D eigenvalue weighted by Gasteiger charge is -2.17. The number of amides is 1. The standard InChI is InChI=1S/C11H14F2N2O.ClH/c1-14-5-6-15(2)11(16)9-4-3-8(12)7-10(9)13;/h3-4,7,14H,5-6H2,1-2H3;1H. The zero-order valence-corrected chi connectivity index (χ0v) is 10.5. The third kappa shape index (κ3) is 4.28. The second kappa shape index (κ2) is 7.19. The summed E-state index contributed by atoms with van der Waals surface area (Å²) in [6.45, 7) is 1.08. The van der Waals surface area contributed by atoms with Crippen LogP contribution in [0.25, 0.3) is 0 Å². The number of carbonyl (C=O) groups is 1. The molecular formula is C11H15ClF2N2O. The number of nitrogens with zero attached hydrogens (tertiary/aromatic N) is 1. The van der Waals surface area contributed by atoms with Gasteiger partial charge >= 0.3 is 0 Å². The number of nitrogens with one attached hydrogen (secondary N) is 1. The molecule has 0 bridgehead atoms. The van der Waals surface area contributed by atoms with E-state index in [1.165, 1.54) is 4.90 Å².